The van der Waals surface area contributed by atoms with E-state index in [0.29, 0.717) is 19.6 Å². The van der Waals surface area contributed by atoms with E-state index in [1.54, 1.807) is 28.8 Å². The Labute approximate surface area is 126 Å². The molecular formula is C14H19BrN2O3. The van der Waals surface area contributed by atoms with E-state index in [1.807, 2.05) is 6.92 Å². The van der Waals surface area contributed by atoms with Crippen LogP contribution in [0.25, 0.3) is 0 Å². The van der Waals surface area contributed by atoms with Gasteiger partial charge >= 0.3 is 0 Å². The van der Waals surface area contributed by atoms with Crippen LogP contribution >= 0.6 is 15.9 Å². The van der Waals surface area contributed by atoms with Gasteiger partial charge in [-0.25, -0.2) is 0 Å². The monoisotopic (exact) mass is 342 g/mol. The van der Waals surface area contributed by atoms with Gasteiger partial charge in [0.2, 0.25) is 0 Å². The number of nitrogens with zero attached hydrogens (tertiary/aromatic N) is 2. The molecule has 1 aliphatic heterocycles. The number of pyridine rings is 1. The predicted molar refractivity (Wildman–Crippen MR) is 80.0 cm³/mol. The van der Waals surface area contributed by atoms with E-state index in [1.165, 1.54) is 0 Å². The van der Waals surface area contributed by atoms with Gasteiger partial charge in [0.1, 0.15) is 5.56 Å². The first kappa shape index (κ1) is 15.3. The molecule has 6 heteroatoms. The molecular weight excluding hydrogens is 324 g/mol. The van der Waals surface area contributed by atoms with Crippen LogP contribution in [0.15, 0.2) is 21.5 Å². The molecule has 0 atom stereocenters. The molecule has 0 saturated carbocycles. The number of methoxy groups -OCH3 is 1. The zero-order valence-corrected chi connectivity index (χ0v) is 13.4. The molecule has 0 bridgehead atoms. The molecule has 1 fully saturated rings. The maximum absolute atomic E-state index is 12.5. The van der Waals surface area contributed by atoms with Gasteiger partial charge in [-0.2, -0.15) is 0 Å². The number of hydrogen-bond donors (Lipinski definition) is 0. The Bertz CT molecular complexity index is 548. The van der Waals surface area contributed by atoms with E-state index in [9.17, 15) is 9.59 Å². The van der Waals surface area contributed by atoms with Gasteiger partial charge in [0.15, 0.2) is 0 Å². The number of likely N-dealkylation sites (tertiary alicyclic amines) is 1. The van der Waals surface area contributed by atoms with Crippen molar-refractivity contribution in [3.63, 3.8) is 0 Å². The molecule has 2 rings (SSSR count). The van der Waals surface area contributed by atoms with Gasteiger partial charge in [0, 0.05) is 37.4 Å². The Balaban J connectivity index is 2.22. The molecule has 0 aliphatic carbocycles. The van der Waals surface area contributed by atoms with Crippen LogP contribution in [0, 0.1) is 0 Å². The average Bonchev–Trinajstić information content (AvgIpc) is 2.48. The second-order valence-electron chi connectivity index (χ2n) is 4.89. The topological polar surface area (TPSA) is 51.5 Å². The molecule has 20 heavy (non-hydrogen) atoms. The van der Waals surface area contributed by atoms with Gasteiger partial charge in [-0.1, -0.05) is 0 Å². The zero-order valence-electron chi connectivity index (χ0n) is 11.8. The molecule has 1 aromatic heterocycles. The summed E-state index contributed by atoms with van der Waals surface area (Å²) in [7, 11) is 1.69. The van der Waals surface area contributed by atoms with Gasteiger partial charge in [-0.05, 0) is 41.8 Å². The fraction of sp³-hybridized carbons (Fsp3) is 0.571. The highest BCUT2D eigenvalue weighted by molar-refractivity contribution is 9.10. The summed E-state index contributed by atoms with van der Waals surface area (Å²) in [6, 6.07) is 1.61. The normalized spacial score (nSPS) is 16.4. The van der Waals surface area contributed by atoms with Gasteiger partial charge < -0.3 is 14.2 Å². The molecule has 0 unspecified atom stereocenters. The lowest BCUT2D eigenvalue weighted by atomic mass is 10.1. The molecule has 1 aromatic rings. The van der Waals surface area contributed by atoms with Gasteiger partial charge in [-0.15, -0.1) is 0 Å². The van der Waals surface area contributed by atoms with Crippen molar-refractivity contribution in [1.29, 1.82) is 0 Å². The quantitative estimate of drug-likeness (QED) is 0.842. The molecule has 1 saturated heterocycles. The van der Waals surface area contributed by atoms with Gasteiger partial charge in [0.25, 0.3) is 11.5 Å². The highest BCUT2D eigenvalue weighted by Crippen LogP contribution is 2.16. The third kappa shape index (κ3) is 3.12. The SMILES string of the molecule is CCn1cc(Br)cc(C(=O)N2CCC(OC)CC2)c1=O. The van der Waals surface area contributed by atoms with Crippen molar-refractivity contribution in [2.45, 2.75) is 32.4 Å². The standard InChI is InChI=1S/C14H19BrN2O3/c1-3-16-9-10(15)8-12(13(16)18)14(19)17-6-4-11(20-2)5-7-17/h8-9,11H,3-7H2,1-2H3. The molecule has 0 spiro atoms. The van der Waals surface area contributed by atoms with Crippen LogP contribution in [0.2, 0.25) is 0 Å². The van der Waals surface area contributed by atoms with E-state index in [2.05, 4.69) is 15.9 Å². The summed E-state index contributed by atoms with van der Waals surface area (Å²) in [5.41, 5.74) is 0.00616. The lowest BCUT2D eigenvalue weighted by Crippen LogP contribution is -2.43. The number of amides is 1. The minimum Gasteiger partial charge on any atom is -0.381 e. The largest absolute Gasteiger partial charge is 0.381 e. The first-order valence-electron chi connectivity index (χ1n) is 6.78. The maximum atomic E-state index is 12.5. The van der Waals surface area contributed by atoms with Crippen LogP contribution in [0.1, 0.15) is 30.1 Å². The minimum absolute atomic E-state index is 0.187. The number of carbonyl (C=O) groups is 1. The number of rotatable bonds is 3. The Kier molecular flexibility index (Phi) is 4.99. The van der Waals surface area contributed by atoms with Gasteiger partial charge in [-0.3, -0.25) is 9.59 Å². The third-order valence-electron chi connectivity index (χ3n) is 3.69. The van der Waals surface area contributed by atoms with E-state index in [4.69, 9.17) is 4.74 Å². The van der Waals surface area contributed by atoms with Crippen molar-refractivity contribution in [1.82, 2.24) is 9.47 Å². The summed E-state index contributed by atoms with van der Waals surface area (Å²) in [4.78, 5) is 26.4. The Morgan fingerprint density at radius 1 is 1.45 bits per heavy atom. The Morgan fingerprint density at radius 2 is 2.10 bits per heavy atom. The molecule has 0 N–H and O–H groups in total. The fourth-order valence-corrected chi connectivity index (χ4v) is 2.93. The first-order chi connectivity index (χ1) is 9.56. The molecule has 2 heterocycles. The number of piperidine rings is 1. The zero-order chi connectivity index (χ0) is 14.7. The Hall–Kier alpha value is -1.14. The number of halogens is 1. The fourth-order valence-electron chi connectivity index (χ4n) is 2.45. The molecule has 110 valence electrons. The van der Waals surface area contributed by atoms with Crippen LogP contribution < -0.4 is 5.56 Å². The molecule has 0 radical (unpaired) electrons. The third-order valence-corrected chi connectivity index (χ3v) is 4.12. The van der Waals surface area contributed by atoms with E-state index < -0.39 is 0 Å². The van der Waals surface area contributed by atoms with Crippen LogP contribution in [-0.2, 0) is 11.3 Å². The van der Waals surface area contributed by atoms with Crippen molar-refractivity contribution in [3.8, 4) is 0 Å². The van der Waals surface area contributed by atoms with E-state index in [-0.39, 0.29) is 23.1 Å². The summed E-state index contributed by atoms with van der Waals surface area (Å²) >= 11 is 3.35. The summed E-state index contributed by atoms with van der Waals surface area (Å²) < 4.78 is 7.58. The van der Waals surface area contributed by atoms with Crippen molar-refractivity contribution in [2.24, 2.45) is 0 Å². The second kappa shape index (κ2) is 6.54. The van der Waals surface area contributed by atoms with Gasteiger partial charge in [0.05, 0.1) is 6.10 Å². The van der Waals surface area contributed by atoms with Crippen LogP contribution in [-0.4, -0.2) is 41.7 Å². The molecule has 1 aliphatic rings. The van der Waals surface area contributed by atoms with Crippen molar-refractivity contribution < 1.29 is 9.53 Å². The molecule has 5 nitrogen and oxygen atoms in total. The lowest BCUT2D eigenvalue weighted by Gasteiger charge is -2.31. The highest BCUT2D eigenvalue weighted by atomic mass is 79.9. The van der Waals surface area contributed by atoms with Crippen LogP contribution in [0.3, 0.4) is 0 Å². The summed E-state index contributed by atoms with van der Waals surface area (Å²) in [6.45, 7) is 3.70. The summed E-state index contributed by atoms with van der Waals surface area (Å²) in [6.07, 6.45) is 3.56. The van der Waals surface area contributed by atoms with E-state index in [0.717, 1.165) is 17.3 Å². The maximum Gasteiger partial charge on any atom is 0.263 e. The predicted octanol–water partition coefficient (Wildman–Crippen LogP) is 1.88. The number of hydrogen-bond acceptors (Lipinski definition) is 3. The lowest BCUT2D eigenvalue weighted by molar-refractivity contribution is 0.0349. The number of aromatic nitrogens is 1. The van der Waals surface area contributed by atoms with Crippen LogP contribution in [0.4, 0.5) is 0 Å². The van der Waals surface area contributed by atoms with Crippen molar-refractivity contribution in [3.05, 3.63) is 32.7 Å². The molecule has 1 amide bonds. The summed E-state index contributed by atoms with van der Waals surface area (Å²) in [5, 5.41) is 0. The molecule has 0 aromatic carbocycles. The van der Waals surface area contributed by atoms with Crippen LogP contribution in [0.5, 0.6) is 0 Å². The smallest absolute Gasteiger partial charge is 0.263 e. The second-order valence-corrected chi connectivity index (χ2v) is 5.81. The number of carbonyl (C=O) groups excluding carboxylic acids is 1. The summed E-state index contributed by atoms with van der Waals surface area (Å²) in [5.74, 6) is -0.187. The number of aryl methyl sites for hydroxylation is 1. The van der Waals surface area contributed by atoms with Crippen molar-refractivity contribution >= 4 is 21.8 Å². The van der Waals surface area contributed by atoms with E-state index >= 15 is 0 Å². The van der Waals surface area contributed by atoms with Crippen molar-refractivity contribution in [2.75, 3.05) is 20.2 Å². The average molecular weight is 343 g/mol. The first-order valence-corrected chi connectivity index (χ1v) is 7.58. The number of ether oxygens (including phenoxy) is 1. The highest BCUT2D eigenvalue weighted by Gasteiger charge is 2.25. The minimum atomic E-state index is -0.227. The Morgan fingerprint density at radius 3 is 2.65 bits per heavy atom.